The van der Waals surface area contributed by atoms with Crippen molar-refractivity contribution in [1.29, 1.82) is 0 Å². The van der Waals surface area contributed by atoms with Crippen LogP contribution in [0, 0.1) is 0 Å². The predicted octanol–water partition coefficient (Wildman–Crippen LogP) is 3.09. The van der Waals surface area contributed by atoms with Gasteiger partial charge in [0.15, 0.2) is 11.5 Å². The second-order valence-corrected chi connectivity index (χ2v) is 6.91. The second kappa shape index (κ2) is 8.31. The molecule has 0 saturated carbocycles. The molecule has 0 atom stereocenters. The predicted molar refractivity (Wildman–Crippen MR) is 103 cm³/mol. The number of rotatable bonds is 5. The Bertz CT molecular complexity index is 869. The molecule has 1 aliphatic heterocycles. The maximum absolute atomic E-state index is 12.5. The van der Waals surface area contributed by atoms with Crippen molar-refractivity contribution in [3.8, 4) is 22.6 Å². The SMILES string of the molecule is NC(=O)CCCC(=O)N1CCOc2c(O)cc(-c3cccc(Cl)c3)cc2C1. The van der Waals surface area contributed by atoms with Crippen LogP contribution in [0.15, 0.2) is 36.4 Å². The molecule has 0 unspecified atom stereocenters. The van der Waals surface area contributed by atoms with Gasteiger partial charge in [-0.25, -0.2) is 0 Å². The van der Waals surface area contributed by atoms with Crippen molar-refractivity contribution in [2.24, 2.45) is 5.73 Å². The summed E-state index contributed by atoms with van der Waals surface area (Å²) in [5.74, 6) is -0.0532. The second-order valence-electron chi connectivity index (χ2n) is 6.48. The number of primary amides is 1. The molecule has 0 bridgehead atoms. The van der Waals surface area contributed by atoms with Crippen molar-refractivity contribution in [1.82, 2.24) is 4.90 Å². The highest BCUT2D eigenvalue weighted by Crippen LogP contribution is 2.38. The minimum Gasteiger partial charge on any atom is -0.504 e. The van der Waals surface area contributed by atoms with Gasteiger partial charge < -0.3 is 20.5 Å². The number of ether oxygens (including phenoxy) is 1. The average molecular weight is 389 g/mol. The maximum Gasteiger partial charge on any atom is 0.223 e. The lowest BCUT2D eigenvalue weighted by atomic mass is 10.0. The molecular formula is C20H21ClN2O4. The first-order valence-electron chi connectivity index (χ1n) is 8.75. The molecule has 2 aromatic carbocycles. The number of hydrogen-bond donors (Lipinski definition) is 2. The van der Waals surface area contributed by atoms with E-state index in [4.69, 9.17) is 22.1 Å². The summed E-state index contributed by atoms with van der Waals surface area (Å²) in [6.07, 6.45) is 0.858. The zero-order valence-corrected chi connectivity index (χ0v) is 15.5. The molecule has 0 aliphatic carbocycles. The number of nitrogens with zero attached hydrogens (tertiary/aromatic N) is 1. The van der Waals surface area contributed by atoms with Gasteiger partial charge in [-0.3, -0.25) is 9.59 Å². The van der Waals surface area contributed by atoms with Gasteiger partial charge in [0.05, 0.1) is 6.54 Å². The number of halogens is 1. The van der Waals surface area contributed by atoms with E-state index in [1.807, 2.05) is 24.3 Å². The Morgan fingerprint density at radius 2 is 2.00 bits per heavy atom. The van der Waals surface area contributed by atoms with Crippen molar-refractivity contribution in [2.75, 3.05) is 13.2 Å². The highest BCUT2D eigenvalue weighted by Gasteiger charge is 2.22. The normalized spacial score (nSPS) is 13.4. The van der Waals surface area contributed by atoms with E-state index >= 15 is 0 Å². The minimum absolute atomic E-state index is 0.0329. The summed E-state index contributed by atoms with van der Waals surface area (Å²) in [6, 6.07) is 10.9. The van der Waals surface area contributed by atoms with Crippen LogP contribution in [0.4, 0.5) is 0 Å². The Balaban J connectivity index is 1.83. The minimum atomic E-state index is -0.413. The van der Waals surface area contributed by atoms with E-state index in [1.165, 1.54) is 0 Å². The Labute approximate surface area is 162 Å². The fourth-order valence-corrected chi connectivity index (χ4v) is 3.31. The summed E-state index contributed by atoms with van der Waals surface area (Å²) in [5.41, 5.74) is 7.51. The van der Waals surface area contributed by atoms with Crippen molar-refractivity contribution >= 4 is 23.4 Å². The first kappa shape index (κ1) is 19.0. The first-order chi connectivity index (χ1) is 12.9. The summed E-state index contributed by atoms with van der Waals surface area (Å²) in [4.78, 5) is 25.0. The van der Waals surface area contributed by atoms with Gasteiger partial charge in [0, 0.05) is 30.0 Å². The number of carbonyl (C=O) groups excluding carboxylic acids is 2. The van der Waals surface area contributed by atoms with Gasteiger partial charge in [0.25, 0.3) is 0 Å². The fraction of sp³-hybridized carbons (Fsp3) is 0.300. The average Bonchev–Trinajstić information content (AvgIpc) is 2.84. The topological polar surface area (TPSA) is 92.9 Å². The molecule has 0 fully saturated rings. The van der Waals surface area contributed by atoms with E-state index in [2.05, 4.69) is 0 Å². The van der Waals surface area contributed by atoms with Gasteiger partial charge in [-0.2, -0.15) is 0 Å². The number of phenolic OH excluding ortho intramolecular Hbond substituents is 1. The Kier molecular flexibility index (Phi) is 5.86. The molecule has 3 N–H and O–H groups in total. The highest BCUT2D eigenvalue weighted by atomic mass is 35.5. The third-order valence-electron chi connectivity index (χ3n) is 4.44. The smallest absolute Gasteiger partial charge is 0.223 e. The Morgan fingerprint density at radius 3 is 2.74 bits per heavy atom. The van der Waals surface area contributed by atoms with Gasteiger partial charge in [-0.15, -0.1) is 0 Å². The van der Waals surface area contributed by atoms with Crippen molar-refractivity contribution in [3.05, 3.63) is 47.0 Å². The number of amides is 2. The Morgan fingerprint density at radius 1 is 1.19 bits per heavy atom. The zero-order valence-electron chi connectivity index (χ0n) is 14.8. The van der Waals surface area contributed by atoms with E-state index in [9.17, 15) is 14.7 Å². The van der Waals surface area contributed by atoms with E-state index in [0.29, 0.717) is 36.9 Å². The van der Waals surface area contributed by atoms with E-state index in [-0.39, 0.29) is 24.5 Å². The molecule has 0 radical (unpaired) electrons. The number of hydrogen-bond acceptors (Lipinski definition) is 4. The van der Waals surface area contributed by atoms with Crippen molar-refractivity contribution in [2.45, 2.75) is 25.8 Å². The molecular weight excluding hydrogens is 368 g/mol. The molecule has 2 aromatic rings. The molecule has 6 nitrogen and oxygen atoms in total. The third kappa shape index (κ3) is 4.71. The molecule has 0 saturated heterocycles. The first-order valence-corrected chi connectivity index (χ1v) is 9.12. The lowest BCUT2D eigenvalue weighted by Crippen LogP contribution is -2.32. The zero-order chi connectivity index (χ0) is 19.4. The van der Waals surface area contributed by atoms with Crippen LogP contribution < -0.4 is 10.5 Å². The monoisotopic (exact) mass is 388 g/mol. The number of aromatic hydroxyl groups is 1. The van der Waals surface area contributed by atoms with Gasteiger partial charge >= 0.3 is 0 Å². The molecule has 7 heteroatoms. The van der Waals surface area contributed by atoms with Gasteiger partial charge in [-0.05, 0) is 41.8 Å². The molecule has 0 aromatic heterocycles. The summed E-state index contributed by atoms with van der Waals surface area (Å²) >= 11 is 6.07. The number of phenols is 1. The van der Waals surface area contributed by atoms with Crippen LogP contribution in [0.3, 0.4) is 0 Å². The maximum atomic E-state index is 12.5. The number of fused-ring (bicyclic) bond motifs is 1. The van der Waals surface area contributed by atoms with Crippen LogP contribution >= 0.6 is 11.6 Å². The molecule has 0 spiro atoms. The largest absolute Gasteiger partial charge is 0.504 e. The number of carbonyl (C=O) groups is 2. The van der Waals surface area contributed by atoms with Crippen LogP contribution in [-0.4, -0.2) is 35.0 Å². The van der Waals surface area contributed by atoms with Crippen LogP contribution in [0.25, 0.3) is 11.1 Å². The lowest BCUT2D eigenvalue weighted by molar-refractivity contribution is -0.132. The summed E-state index contributed by atoms with van der Waals surface area (Å²) in [5, 5.41) is 11.0. The fourth-order valence-electron chi connectivity index (χ4n) is 3.12. The van der Waals surface area contributed by atoms with Gasteiger partial charge in [0.2, 0.25) is 11.8 Å². The van der Waals surface area contributed by atoms with E-state index in [0.717, 1.165) is 16.7 Å². The molecule has 3 rings (SSSR count). The van der Waals surface area contributed by atoms with Crippen LogP contribution in [0.1, 0.15) is 24.8 Å². The third-order valence-corrected chi connectivity index (χ3v) is 4.67. The standard InChI is InChI=1S/C20H21ClN2O4/c21-16-4-1-3-13(10-16)14-9-15-12-23(19(26)6-2-5-18(22)25)7-8-27-20(15)17(24)11-14/h1,3-4,9-11,24H,2,5-8,12H2,(H2,22,25). The molecule has 1 heterocycles. The van der Waals surface area contributed by atoms with Crippen molar-refractivity contribution < 1.29 is 19.4 Å². The van der Waals surface area contributed by atoms with Crippen LogP contribution in [0.5, 0.6) is 11.5 Å². The quantitative estimate of drug-likeness (QED) is 0.823. The summed E-state index contributed by atoms with van der Waals surface area (Å²) < 4.78 is 5.67. The highest BCUT2D eigenvalue weighted by molar-refractivity contribution is 6.30. The van der Waals surface area contributed by atoms with Crippen LogP contribution in [-0.2, 0) is 16.1 Å². The molecule has 1 aliphatic rings. The molecule has 27 heavy (non-hydrogen) atoms. The van der Waals surface area contributed by atoms with Gasteiger partial charge in [-0.1, -0.05) is 23.7 Å². The van der Waals surface area contributed by atoms with E-state index < -0.39 is 5.91 Å². The summed E-state index contributed by atoms with van der Waals surface area (Å²) in [7, 11) is 0. The summed E-state index contributed by atoms with van der Waals surface area (Å²) in [6.45, 7) is 1.03. The number of benzene rings is 2. The molecule has 142 valence electrons. The molecule has 2 amide bonds. The van der Waals surface area contributed by atoms with Crippen LogP contribution in [0.2, 0.25) is 5.02 Å². The van der Waals surface area contributed by atoms with E-state index in [1.54, 1.807) is 17.0 Å². The van der Waals surface area contributed by atoms with Gasteiger partial charge in [0.1, 0.15) is 6.61 Å². The number of nitrogens with two attached hydrogens (primary N) is 1. The Hall–Kier alpha value is -2.73. The van der Waals surface area contributed by atoms with Crippen molar-refractivity contribution in [3.63, 3.8) is 0 Å². The lowest BCUT2D eigenvalue weighted by Gasteiger charge is -2.20.